The van der Waals surface area contributed by atoms with E-state index in [1.165, 1.54) is 0 Å². The average molecular weight is 391 g/mol. The Labute approximate surface area is 170 Å². The minimum Gasteiger partial charge on any atom is -0.323 e. The summed E-state index contributed by atoms with van der Waals surface area (Å²) in [4.78, 5) is 41.3. The lowest BCUT2D eigenvalue weighted by Crippen LogP contribution is -2.46. The molecule has 0 radical (unpaired) electrons. The maximum absolute atomic E-state index is 13.2. The van der Waals surface area contributed by atoms with Gasteiger partial charge < -0.3 is 10.2 Å². The van der Waals surface area contributed by atoms with E-state index in [1.807, 2.05) is 61.5 Å². The van der Waals surface area contributed by atoms with Crippen molar-refractivity contribution < 1.29 is 14.4 Å². The molecule has 0 aromatic heterocycles. The van der Waals surface area contributed by atoms with Crippen LogP contribution in [0.15, 0.2) is 54.6 Å². The molecule has 0 unspecified atom stereocenters. The highest BCUT2D eigenvalue weighted by Crippen LogP contribution is 2.35. The molecule has 2 aliphatic rings. The molecule has 1 spiro atoms. The predicted octanol–water partition coefficient (Wildman–Crippen LogP) is 3.39. The van der Waals surface area contributed by atoms with Crippen LogP contribution in [0.4, 0.5) is 10.5 Å². The summed E-state index contributed by atoms with van der Waals surface area (Å²) >= 11 is 0. The van der Waals surface area contributed by atoms with Crippen LogP contribution in [0.5, 0.6) is 0 Å². The Morgan fingerprint density at radius 1 is 1.03 bits per heavy atom. The number of urea groups is 1. The molecular weight excluding hydrogens is 366 g/mol. The van der Waals surface area contributed by atoms with Crippen molar-refractivity contribution in [2.24, 2.45) is 0 Å². The second kappa shape index (κ2) is 7.70. The highest BCUT2D eigenvalue weighted by molar-refractivity contribution is 6.10. The number of hydrogen-bond acceptors (Lipinski definition) is 3. The number of aryl methyl sites for hydroxylation is 1. The summed E-state index contributed by atoms with van der Waals surface area (Å²) in [5, 5.41) is 2.84. The molecule has 6 nitrogen and oxygen atoms in total. The first-order chi connectivity index (χ1) is 14.0. The van der Waals surface area contributed by atoms with Gasteiger partial charge in [-0.2, -0.15) is 0 Å². The zero-order valence-electron chi connectivity index (χ0n) is 16.6. The van der Waals surface area contributed by atoms with Gasteiger partial charge in [-0.3, -0.25) is 14.5 Å². The Bertz CT molecular complexity index is 918. The molecule has 150 valence electrons. The number of benzene rings is 2. The molecule has 1 heterocycles. The lowest BCUT2D eigenvalue weighted by Gasteiger charge is -2.25. The lowest BCUT2D eigenvalue weighted by molar-refractivity contribution is -0.134. The van der Waals surface area contributed by atoms with Gasteiger partial charge >= 0.3 is 6.03 Å². The highest BCUT2D eigenvalue weighted by Gasteiger charge is 2.52. The van der Waals surface area contributed by atoms with Crippen molar-refractivity contribution in [3.05, 3.63) is 65.7 Å². The smallest absolute Gasteiger partial charge is 0.323 e. The first kappa shape index (κ1) is 19.2. The standard InChI is InChI=1S/C23H25N3O3/c1-17-9-11-19(12-10-17)25(15-18-7-3-2-4-8-18)20(27)16-26-21(28)23(24-22(26)29)13-5-6-14-23/h2-4,7-12H,5-6,13-16H2,1H3,(H,24,29). The molecule has 1 saturated heterocycles. The fourth-order valence-corrected chi connectivity index (χ4v) is 4.17. The number of amides is 4. The SMILES string of the molecule is Cc1ccc(N(Cc2ccccc2)C(=O)CN2C(=O)NC3(CCCC3)C2=O)cc1. The maximum Gasteiger partial charge on any atom is 0.325 e. The number of nitrogens with one attached hydrogen (secondary N) is 1. The van der Waals surface area contributed by atoms with Crippen molar-refractivity contribution in [1.29, 1.82) is 0 Å². The molecule has 2 aromatic carbocycles. The average Bonchev–Trinajstić information content (AvgIpc) is 3.28. The van der Waals surface area contributed by atoms with Crippen LogP contribution in [-0.4, -0.2) is 34.8 Å². The number of anilines is 1. The Hall–Kier alpha value is -3.15. The van der Waals surface area contributed by atoms with Crippen molar-refractivity contribution in [3.63, 3.8) is 0 Å². The molecule has 4 rings (SSSR count). The number of carbonyl (C=O) groups excluding carboxylic acids is 3. The molecule has 0 bridgehead atoms. The summed E-state index contributed by atoms with van der Waals surface area (Å²) in [6, 6.07) is 16.9. The van der Waals surface area contributed by atoms with Crippen molar-refractivity contribution in [3.8, 4) is 0 Å². The fraction of sp³-hybridized carbons (Fsp3) is 0.348. The molecule has 1 aliphatic heterocycles. The van der Waals surface area contributed by atoms with Crippen molar-refractivity contribution in [1.82, 2.24) is 10.2 Å². The van der Waals surface area contributed by atoms with E-state index in [-0.39, 0.29) is 18.4 Å². The van der Waals surface area contributed by atoms with Gasteiger partial charge in [-0.15, -0.1) is 0 Å². The molecule has 1 saturated carbocycles. The van der Waals surface area contributed by atoms with Crippen LogP contribution >= 0.6 is 0 Å². The maximum atomic E-state index is 13.2. The minimum atomic E-state index is -0.800. The number of hydrogen-bond donors (Lipinski definition) is 1. The number of nitrogens with zero attached hydrogens (tertiary/aromatic N) is 2. The second-order valence-electron chi connectivity index (χ2n) is 7.91. The third kappa shape index (κ3) is 3.75. The monoisotopic (exact) mass is 391 g/mol. The highest BCUT2D eigenvalue weighted by atomic mass is 16.2. The third-order valence-corrected chi connectivity index (χ3v) is 5.83. The molecule has 2 fully saturated rings. The van der Waals surface area contributed by atoms with E-state index in [0.717, 1.165) is 34.6 Å². The van der Waals surface area contributed by atoms with Crippen LogP contribution in [0.25, 0.3) is 0 Å². The number of rotatable bonds is 5. The Morgan fingerprint density at radius 2 is 1.69 bits per heavy atom. The van der Waals surface area contributed by atoms with Gasteiger partial charge in [0.2, 0.25) is 5.91 Å². The minimum absolute atomic E-state index is 0.257. The van der Waals surface area contributed by atoms with Crippen LogP contribution in [0.1, 0.15) is 36.8 Å². The largest absolute Gasteiger partial charge is 0.325 e. The van der Waals surface area contributed by atoms with E-state index in [9.17, 15) is 14.4 Å². The van der Waals surface area contributed by atoms with Crippen LogP contribution in [0.2, 0.25) is 0 Å². The van der Waals surface area contributed by atoms with Gasteiger partial charge in [0.1, 0.15) is 12.1 Å². The van der Waals surface area contributed by atoms with Gasteiger partial charge in [0.15, 0.2) is 0 Å². The van der Waals surface area contributed by atoms with Crippen LogP contribution < -0.4 is 10.2 Å². The molecule has 0 atom stereocenters. The molecular formula is C23H25N3O3. The van der Waals surface area contributed by atoms with E-state index in [2.05, 4.69) is 5.32 Å². The predicted molar refractivity (Wildman–Crippen MR) is 110 cm³/mol. The van der Waals surface area contributed by atoms with Gasteiger partial charge in [0, 0.05) is 5.69 Å². The summed E-state index contributed by atoms with van der Waals surface area (Å²) in [6.07, 6.45) is 3.12. The normalized spacial score (nSPS) is 17.6. The summed E-state index contributed by atoms with van der Waals surface area (Å²) < 4.78 is 0. The van der Waals surface area contributed by atoms with E-state index in [0.29, 0.717) is 19.4 Å². The Kier molecular flexibility index (Phi) is 5.09. The van der Waals surface area contributed by atoms with Gasteiger partial charge in [-0.05, 0) is 37.5 Å². The van der Waals surface area contributed by atoms with Crippen LogP contribution in [0, 0.1) is 6.92 Å². The fourth-order valence-electron chi connectivity index (χ4n) is 4.17. The molecule has 2 aromatic rings. The topological polar surface area (TPSA) is 69.7 Å². The first-order valence-corrected chi connectivity index (χ1v) is 10.0. The molecule has 1 N–H and O–H groups in total. The zero-order valence-corrected chi connectivity index (χ0v) is 16.6. The third-order valence-electron chi connectivity index (χ3n) is 5.83. The van der Waals surface area contributed by atoms with Gasteiger partial charge in [-0.1, -0.05) is 60.9 Å². The number of carbonyl (C=O) groups is 3. The van der Waals surface area contributed by atoms with Crippen LogP contribution in [0.3, 0.4) is 0 Å². The van der Waals surface area contributed by atoms with E-state index < -0.39 is 11.6 Å². The van der Waals surface area contributed by atoms with Gasteiger partial charge in [0.05, 0.1) is 6.54 Å². The zero-order chi connectivity index (χ0) is 20.4. The van der Waals surface area contributed by atoms with Crippen molar-refractivity contribution in [2.45, 2.75) is 44.7 Å². The van der Waals surface area contributed by atoms with Crippen molar-refractivity contribution >= 4 is 23.5 Å². The van der Waals surface area contributed by atoms with E-state index in [1.54, 1.807) is 4.90 Å². The summed E-state index contributed by atoms with van der Waals surface area (Å²) in [6.45, 7) is 2.10. The second-order valence-corrected chi connectivity index (χ2v) is 7.91. The number of imide groups is 1. The van der Waals surface area contributed by atoms with Gasteiger partial charge in [-0.25, -0.2) is 4.79 Å². The van der Waals surface area contributed by atoms with Crippen molar-refractivity contribution in [2.75, 3.05) is 11.4 Å². The summed E-state index contributed by atoms with van der Waals surface area (Å²) in [7, 11) is 0. The summed E-state index contributed by atoms with van der Waals surface area (Å²) in [5.74, 6) is -0.548. The molecule has 1 aliphatic carbocycles. The van der Waals surface area contributed by atoms with E-state index in [4.69, 9.17) is 0 Å². The molecule has 6 heteroatoms. The Balaban J connectivity index is 1.57. The molecule has 29 heavy (non-hydrogen) atoms. The summed E-state index contributed by atoms with van der Waals surface area (Å²) in [5.41, 5.74) is 2.02. The van der Waals surface area contributed by atoms with Crippen LogP contribution in [-0.2, 0) is 16.1 Å². The van der Waals surface area contributed by atoms with Gasteiger partial charge in [0.25, 0.3) is 5.91 Å². The van der Waals surface area contributed by atoms with E-state index >= 15 is 0 Å². The lowest BCUT2D eigenvalue weighted by atomic mass is 9.98. The molecule has 4 amide bonds. The Morgan fingerprint density at radius 3 is 2.34 bits per heavy atom. The first-order valence-electron chi connectivity index (χ1n) is 10.0. The quantitative estimate of drug-likeness (QED) is 0.795.